The molecule has 0 aliphatic heterocycles. The van der Waals surface area contributed by atoms with Crippen molar-refractivity contribution < 1.29 is 19.4 Å². The van der Waals surface area contributed by atoms with Crippen LogP contribution < -0.4 is 15.4 Å². The number of halogens is 1. The molecule has 0 aliphatic rings. The van der Waals surface area contributed by atoms with Gasteiger partial charge < -0.3 is 20.5 Å². The quantitative estimate of drug-likeness (QED) is 0.428. The number of carboxylic acids is 1. The highest BCUT2D eigenvalue weighted by Crippen LogP contribution is 2.26. The molecule has 3 aromatic carbocycles. The topological polar surface area (TPSA) is 87.7 Å². The molecule has 0 fully saturated rings. The first-order valence-corrected chi connectivity index (χ1v) is 10.0. The number of benzene rings is 3. The van der Waals surface area contributed by atoms with E-state index in [0.29, 0.717) is 12.3 Å². The summed E-state index contributed by atoms with van der Waals surface area (Å²) in [7, 11) is 0. The molecule has 0 aliphatic carbocycles. The van der Waals surface area contributed by atoms with Gasteiger partial charge >= 0.3 is 5.97 Å². The van der Waals surface area contributed by atoms with E-state index in [4.69, 9.17) is 9.84 Å². The molecule has 6 nitrogen and oxygen atoms in total. The molecule has 3 rings (SSSR count). The lowest BCUT2D eigenvalue weighted by Crippen LogP contribution is -2.20. The Morgan fingerprint density at radius 1 is 1.00 bits per heavy atom. The van der Waals surface area contributed by atoms with Gasteiger partial charge in [0, 0.05) is 17.9 Å². The second-order valence-corrected chi connectivity index (χ2v) is 7.56. The van der Waals surface area contributed by atoms with Crippen molar-refractivity contribution in [3.63, 3.8) is 0 Å². The first-order valence-electron chi connectivity index (χ1n) is 9.26. The molecule has 0 unspecified atom stereocenters. The number of aryl methyl sites for hydroxylation is 1. The Kier molecular flexibility index (Phi) is 7.08. The van der Waals surface area contributed by atoms with E-state index in [2.05, 4.69) is 26.6 Å². The van der Waals surface area contributed by atoms with Gasteiger partial charge in [0.25, 0.3) is 5.91 Å². The Morgan fingerprint density at radius 3 is 2.50 bits per heavy atom. The monoisotopic (exact) mass is 468 g/mol. The fraction of sp³-hybridized carbons (Fsp3) is 0.130. The van der Waals surface area contributed by atoms with Crippen molar-refractivity contribution in [2.45, 2.75) is 13.5 Å². The predicted octanol–water partition coefficient (Wildman–Crippen LogP) is 5.09. The molecule has 3 N–H and O–H groups in total. The van der Waals surface area contributed by atoms with Crippen LogP contribution in [0.15, 0.2) is 71.2 Å². The fourth-order valence-corrected chi connectivity index (χ4v) is 3.34. The number of carboxylic acid groups (broad SMARTS) is 1. The van der Waals surface area contributed by atoms with Gasteiger partial charge in [0.1, 0.15) is 5.75 Å². The molecule has 0 saturated carbocycles. The van der Waals surface area contributed by atoms with Gasteiger partial charge in [-0.3, -0.25) is 4.79 Å². The van der Waals surface area contributed by atoms with E-state index in [9.17, 15) is 9.59 Å². The summed E-state index contributed by atoms with van der Waals surface area (Å²) in [6, 6.07) is 19.8. The summed E-state index contributed by atoms with van der Waals surface area (Å²) in [6.07, 6.45) is 0. The Balaban J connectivity index is 1.54. The lowest BCUT2D eigenvalue weighted by Gasteiger charge is -2.12. The number of rotatable bonds is 8. The Hall–Kier alpha value is -3.32. The molecule has 0 saturated heterocycles. The van der Waals surface area contributed by atoms with E-state index in [1.807, 2.05) is 49.4 Å². The third-order valence-corrected chi connectivity index (χ3v) is 4.88. The molecule has 3 aromatic rings. The molecule has 0 aromatic heterocycles. The minimum atomic E-state index is -0.964. The average molecular weight is 469 g/mol. The lowest BCUT2D eigenvalue weighted by molar-refractivity contribution is -0.118. The summed E-state index contributed by atoms with van der Waals surface area (Å²) < 4.78 is 6.34. The molecule has 0 bridgehead atoms. The molecular formula is C23H21BrN2O4. The number of anilines is 2. The summed E-state index contributed by atoms with van der Waals surface area (Å²) in [6.45, 7) is 2.37. The molecule has 0 atom stereocenters. The summed E-state index contributed by atoms with van der Waals surface area (Å²) in [5, 5.41) is 15.1. The molecule has 7 heteroatoms. The Labute approximate surface area is 183 Å². The molecule has 0 heterocycles. The molecule has 30 heavy (non-hydrogen) atoms. The second kappa shape index (κ2) is 9.93. The SMILES string of the molecule is Cc1cccc(NC(=O)COc2ccc(CNc3cccc(C(=O)O)c3)cc2Br)c1. The Bertz CT molecular complexity index is 1070. The minimum Gasteiger partial charge on any atom is -0.483 e. The highest BCUT2D eigenvalue weighted by atomic mass is 79.9. The van der Waals surface area contributed by atoms with Crippen LogP contribution in [0.25, 0.3) is 0 Å². The first kappa shape index (κ1) is 21.4. The zero-order valence-electron chi connectivity index (χ0n) is 16.3. The number of nitrogens with one attached hydrogen (secondary N) is 2. The van der Waals surface area contributed by atoms with E-state index in [0.717, 1.165) is 27.0 Å². The fourth-order valence-electron chi connectivity index (χ4n) is 2.80. The second-order valence-electron chi connectivity index (χ2n) is 6.71. The molecule has 0 radical (unpaired) electrons. The van der Waals surface area contributed by atoms with Crippen molar-refractivity contribution in [2.75, 3.05) is 17.2 Å². The maximum atomic E-state index is 12.1. The third kappa shape index (κ3) is 6.09. The van der Waals surface area contributed by atoms with E-state index >= 15 is 0 Å². The van der Waals surface area contributed by atoms with Gasteiger partial charge in [-0.15, -0.1) is 0 Å². The van der Waals surface area contributed by atoms with E-state index in [1.165, 1.54) is 0 Å². The van der Waals surface area contributed by atoms with Gasteiger partial charge in [0.2, 0.25) is 0 Å². The van der Waals surface area contributed by atoms with E-state index in [1.54, 1.807) is 24.3 Å². The van der Waals surface area contributed by atoms with Crippen LogP contribution >= 0.6 is 15.9 Å². The number of hydrogen-bond donors (Lipinski definition) is 3. The molecule has 1 amide bonds. The van der Waals surface area contributed by atoms with Crippen LogP contribution in [0.4, 0.5) is 11.4 Å². The smallest absolute Gasteiger partial charge is 0.335 e. The van der Waals surface area contributed by atoms with Crippen LogP contribution in [0.1, 0.15) is 21.5 Å². The lowest BCUT2D eigenvalue weighted by atomic mass is 10.2. The summed E-state index contributed by atoms with van der Waals surface area (Å²) >= 11 is 3.47. The molecule has 154 valence electrons. The standard InChI is InChI=1S/C23H21BrN2O4/c1-15-4-2-7-19(10-15)26-22(27)14-30-21-9-8-16(11-20(21)24)13-25-18-6-3-5-17(12-18)23(28)29/h2-12,25H,13-14H2,1H3,(H,26,27)(H,28,29). The van der Waals surface area contributed by atoms with Gasteiger partial charge in [-0.05, 0) is 76.4 Å². The molecular weight excluding hydrogens is 448 g/mol. The van der Waals surface area contributed by atoms with Crippen molar-refractivity contribution in [2.24, 2.45) is 0 Å². The van der Waals surface area contributed by atoms with Crippen molar-refractivity contribution in [3.8, 4) is 5.75 Å². The number of carbonyl (C=O) groups excluding carboxylic acids is 1. The number of amides is 1. The normalized spacial score (nSPS) is 10.3. The van der Waals surface area contributed by atoms with Gasteiger partial charge in [-0.25, -0.2) is 4.79 Å². The largest absolute Gasteiger partial charge is 0.483 e. The minimum absolute atomic E-state index is 0.105. The highest BCUT2D eigenvalue weighted by Gasteiger charge is 2.08. The maximum Gasteiger partial charge on any atom is 0.335 e. The summed E-state index contributed by atoms with van der Waals surface area (Å²) in [5.41, 5.74) is 3.72. The average Bonchev–Trinajstić information content (AvgIpc) is 2.72. The van der Waals surface area contributed by atoms with Crippen LogP contribution in [0.5, 0.6) is 5.75 Å². The van der Waals surface area contributed by atoms with Crippen LogP contribution in [-0.2, 0) is 11.3 Å². The maximum absolute atomic E-state index is 12.1. The van der Waals surface area contributed by atoms with E-state index < -0.39 is 5.97 Å². The first-order chi connectivity index (χ1) is 14.4. The van der Waals surface area contributed by atoms with Crippen LogP contribution in [0, 0.1) is 6.92 Å². The Morgan fingerprint density at radius 2 is 1.77 bits per heavy atom. The zero-order chi connectivity index (χ0) is 21.5. The van der Waals surface area contributed by atoms with Gasteiger partial charge in [0.05, 0.1) is 10.0 Å². The summed E-state index contributed by atoms with van der Waals surface area (Å²) in [4.78, 5) is 23.2. The van der Waals surface area contributed by atoms with Crippen LogP contribution in [0.2, 0.25) is 0 Å². The molecule has 0 spiro atoms. The van der Waals surface area contributed by atoms with Crippen LogP contribution in [0.3, 0.4) is 0 Å². The van der Waals surface area contributed by atoms with Crippen molar-refractivity contribution in [1.29, 1.82) is 0 Å². The number of hydrogen-bond acceptors (Lipinski definition) is 4. The van der Waals surface area contributed by atoms with Crippen molar-refractivity contribution in [3.05, 3.63) is 87.9 Å². The van der Waals surface area contributed by atoms with Crippen molar-refractivity contribution in [1.82, 2.24) is 0 Å². The third-order valence-electron chi connectivity index (χ3n) is 4.26. The number of ether oxygens (including phenoxy) is 1. The summed E-state index contributed by atoms with van der Waals surface area (Å²) in [5.74, 6) is -0.642. The van der Waals surface area contributed by atoms with E-state index in [-0.39, 0.29) is 18.1 Å². The van der Waals surface area contributed by atoms with Crippen LogP contribution in [-0.4, -0.2) is 23.6 Å². The van der Waals surface area contributed by atoms with Gasteiger partial charge in [-0.1, -0.05) is 24.3 Å². The number of aromatic carboxylic acids is 1. The highest BCUT2D eigenvalue weighted by molar-refractivity contribution is 9.10. The zero-order valence-corrected chi connectivity index (χ0v) is 17.9. The van der Waals surface area contributed by atoms with Crippen molar-refractivity contribution >= 4 is 39.2 Å². The van der Waals surface area contributed by atoms with Gasteiger partial charge in [0.15, 0.2) is 6.61 Å². The predicted molar refractivity (Wildman–Crippen MR) is 120 cm³/mol. The van der Waals surface area contributed by atoms with Gasteiger partial charge in [-0.2, -0.15) is 0 Å². The number of carbonyl (C=O) groups is 2.